The molecule has 0 aliphatic heterocycles. The molecule has 0 saturated heterocycles. The van der Waals surface area contributed by atoms with E-state index in [1.54, 1.807) is 11.3 Å². The lowest BCUT2D eigenvalue weighted by molar-refractivity contribution is -0.136. The minimum atomic E-state index is -4.43. The van der Waals surface area contributed by atoms with Gasteiger partial charge in [0, 0.05) is 22.8 Å². The molecule has 2 rings (SSSR count). The molecule has 0 radical (unpaired) electrons. The minimum Gasteiger partial charge on any atom is -0.398 e. The molecule has 3 N–H and O–H groups in total. The van der Waals surface area contributed by atoms with Crippen LogP contribution in [0, 0.1) is 0 Å². The largest absolute Gasteiger partial charge is 0.418 e. The van der Waals surface area contributed by atoms with E-state index in [0.29, 0.717) is 12.2 Å². The van der Waals surface area contributed by atoms with Gasteiger partial charge in [0.25, 0.3) is 0 Å². The quantitative estimate of drug-likeness (QED) is 0.830. The first-order chi connectivity index (χ1) is 8.47. The van der Waals surface area contributed by atoms with Gasteiger partial charge in [0.15, 0.2) is 0 Å². The summed E-state index contributed by atoms with van der Waals surface area (Å²) >= 11 is 1.55. The lowest BCUT2D eigenvalue weighted by atomic mass is 10.1. The van der Waals surface area contributed by atoms with Gasteiger partial charge in [-0.05, 0) is 29.6 Å². The van der Waals surface area contributed by atoms with Gasteiger partial charge in [-0.15, -0.1) is 11.3 Å². The summed E-state index contributed by atoms with van der Waals surface area (Å²) in [6.45, 7) is 0.499. The van der Waals surface area contributed by atoms with Crippen LogP contribution in [0.15, 0.2) is 35.7 Å². The summed E-state index contributed by atoms with van der Waals surface area (Å²) in [5, 5.41) is 4.86. The molecule has 18 heavy (non-hydrogen) atoms. The van der Waals surface area contributed by atoms with Gasteiger partial charge in [-0.1, -0.05) is 6.07 Å². The number of halogens is 3. The molecule has 0 spiro atoms. The first-order valence-electron chi connectivity index (χ1n) is 5.20. The smallest absolute Gasteiger partial charge is 0.398 e. The molecule has 0 unspecified atom stereocenters. The van der Waals surface area contributed by atoms with Crippen molar-refractivity contribution >= 4 is 22.7 Å². The van der Waals surface area contributed by atoms with Crippen LogP contribution in [-0.2, 0) is 12.7 Å². The second kappa shape index (κ2) is 4.89. The Bertz CT molecular complexity index is 521. The summed E-state index contributed by atoms with van der Waals surface area (Å²) in [6, 6.07) is 7.64. The highest BCUT2D eigenvalue weighted by Crippen LogP contribution is 2.35. The molecule has 2 aromatic rings. The molecule has 96 valence electrons. The van der Waals surface area contributed by atoms with Gasteiger partial charge in [-0.25, -0.2) is 0 Å². The first kappa shape index (κ1) is 12.8. The van der Waals surface area contributed by atoms with Gasteiger partial charge >= 0.3 is 6.18 Å². The van der Waals surface area contributed by atoms with E-state index in [0.717, 1.165) is 10.9 Å². The van der Waals surface area contributed by atoms with Gasteiger partial charge in [0.05, 0.1) is 5.56 Å². The van der Waals surface area contributed by atoms with Crippen LogP contribution in [-0.4, -0.2) is 0 Å². The van der Waals surface area contributed by atoms with Crippen LogP contribution in [0.5, 0.6) is 0 Å². The van der Waals surface area contributed by atoms with Gasteiger partial charge < -0.3 is 11.1 Å². The summed E-state index contributed by atoms with van der Waals surface area (Å²) < 4.78 is 37.9. The molecule has 1 aromatic heterocycles. The van der Waals surface area contributed by atoms with Crippen molar-refractivity contribution in [2.45, 2.75) is 12.7 Å². The summed E-state index contributed by atoms with van der Waals surface area (Å²) in [5.74, 6) is 0. The maximum absolute atomic E-state index is 12.6. The number of anilines is 2. The number of hydrogen-bond acceptors (Lipinski definition) is 3. The number of alkyl halides is 3. The van der Waals surface area contributed by atoms with Gasteiger partial charge in [-0.2, -0.15) is 13.2 Å². The van der Waals surface area contributed by atoms with Crippen molar-refractivity contribution in [2.24, 2.45) is 0 Å². The molecule has 0 bridgehead atoms. The highest BCUT2D eigenvalue weighted by molar-refractivity contribution is 7.09. The molecule has 0 amide bonds. The first-order valence-corrected chi connectivity index (χ1v) is 6.08. The Balaban J connectivity index is 2.15. The van der Waals surface area contributed by atoms with Gasteiger partial charge in [-0.3, -0.25) is 0 Å². The van der Waals surface area contributed by atoms with Gasteiger partial charge in [0.1, 0.15) is 0 Å². The van der Waals surface area contributed by atoms with Crippen molar-refractivity contribution in [2.75, 3.05) is 11.1 Å². The summed E-state index contributed by atoms with van der Waals surface area (Å²) in [6.07, 6.45) is -4.43. The van der Waals surface area contributed by atoms with Crippen LogP contribution in [0.3, 0.4) is 0 Å². The molecule has 0 fully saturated rings. The van der Waals surface area contributed by atoms with E-state index in [-0.39, 0.29) is 5.69 Å². The lowest BCUT2D eigenvalue weighted by Gasteiger charge is -2.12. The van der Waals surface area contributed by atoms with Crippen molar-refractivity contribution < 1.29 is 13.2 Å². The van der Waals surface area contributed by atoms with E-state index in [1.807, 2.05) is 17.5 Å². The number of nitrogen functional groups attached to an aromatic ring is 1. The third kappa shape index (κ3) is 2.95. The Morgan fingerprint density at radius 3 is 2.61 bits per heavy atom. The Hall–Kier alpha value is -1.69. The third-order valence-corrected chi connectivity index (χ3v) is 3.28. The molecule has 0 atom stereocenters. The monoisotopic (exact) mass is 272 g/mol. The molecule has 1 heterocycles. The standard InChI is InChI=1S/C12H11F3N2S/c13-12(14,15)10-6-8(3-4-11(10)16)17-7-9-2-1-5-18-9/h1-6,17H,7,16H2. The zero-order valence-electron chi connectivity index (χ0n) is 9.29. The molecule has 0 aliphatic rings. The molecule has 0 saturated carbocycles. The molecule has 1 aromatic carbocycles. The van der Waals surface area contributed by atoms with E-state index in [1.165, 1.54) is 12.1 Å². The van der Waals surface area contributed by atoms with Gasteiger partial charge in [0.2, 0.25) is 0 Å². The van der Waals surface area contributed by atoms with Crippen LogP contribution >= 0.6 is 11.3 Å². The fourth-order valence-corrected chi connectivity index (χ4v) is 2.16. The van der Waals surface area contributed by atoms with E-state index < -0.39 is 11.7 Å². The molecule has 6 heteroatoms. The zero-order chi connectivity index (χ0) is 13.2. The van der Waals surface area contributed by atoms with Crippen molar-refractivity contribution in [3.63, 3.8) is 0 Å². The van der Waals surface area contributed by atoms with Crippen molar-refractivity contribution in [3.05, 3.63) is 46.2 Å². The van der Waals surface area contributed by atoms with Crippen molar-refractivity contribution in [1.82, 2.24) is 0 Å². The van der Waals surface area contributed by atoms with E-state index >= 15 is 0 Å². The van der Waals surface area contributed by atoms with Crippen molar-refractivity contribution in [1.29, 1.82) is 0 Å². The number of hydrogen-bond donors (Lipinski definition) is 2. The Morgan fingerprint density at radius 2 is 2.00 bits per heavy atom. The fraction of sp³-hybridized carbons (Fsp3) is 0.167. The lowest BCUT2D eigenvalue weighted by Crippen LogP contribution is -2.10. The fourth-order valence-electron chi connectivity index (χ4n) is 1.51. The number of rotatable bonds is 3. The number of nitrogens with one attached hydrogen (secondary N) is 1. The van der Waals surface area contributed by atoms with Crippen LogP contribution in [0.25, 0.3) is 0 Å². The highest BCUT2D eigenvalue weighted by Gasteiger charge is 2.33. The zero-order valence-corrected chi connectivity index (χ0v) is 10.1. The highest BCUT2D eigenvalue weighted by atomic mass is 32.1. The predicted molar refractivity (Wildman–Crippen MR) is 67.5 cm³/mol. The topological polar surface area (TPSA) is 38.0 Å². The number of benzene rings is 1. The average Bonchev–Trinajstić information content (AvgIpc) is 2.79. The number of nitrogens with two attached hydrogens (primary N) is 1. The molecular weight excluding hydrogens is 261 g/mol. The van der Waals surface area contributed by atoms with Crippen LogP contribution < -0.4 is 11.1 Å². The van der Waals surface area contributed by atoms with Crippen molar-refractivity contribution in [3.8, 4) is 0 Å². The molecule has 2 nitrogen and oxygen atoms in total. The summed E-state index contributed by atoms with van der Waals surface area (Å²) in [7, 11) is 0. The Kier molecular flexibility index (Phi) is 3.47. The Morgan fingerprint density at radius 1 is 1.22 bits per heavy atom. The van der Waals surface area contributed by atoms with Crippen LogP contribution in [0.1, 0.15) is 10.4 Å². The van der Waals surface area contributed by atoms with Crippen LogP contribution in [0.4, 0.5) is 24.5 Å². The van der Waals surface area contributed by atoms with Crippen LogP contribution in [0.2, 0.25) is 0 Å². The normalized spacial score (nSPS) is 11.5. The van der Waals surface area contributed by atoms with E-state index in [2.05, 4.69) is 5.32 Å². The van der Waals surface area contributed by atoms with E-state index in [4.69, 9.17) is 5.73 Å². The molecular formula is C12H11F3N2S. The third-order valence-electron chi connectivity index (χ3n) is 2.41. The summed E-state index contributed by atoms with van der Waals surface area (Å²) in [4.78, 5) is 1.06. The minimum absolute atomic E-state index is 0.260. The predicted octanol–water partition coefficient (Wildman–Crippen LogP) is 3.96. The maximum Gasteiger partial charge on any atom is 0.418 e. The molecule has 0 aliphatic carbocycles. The maximum atomic E-state index is 12.6. The second-order valence-corrected chi connectivity index (χ2v) is 4.76. The summed E-state index contributed by atoms with van der Waals surface area (Å²) in [5.41, 5.74) is 4.66. The number of thiophene rings is 1. The van der Waals surface area contributed by atoms with E-state index in [9.17, 15) is 13.2 Å². The average molecular weight is 272 g/mol. The Labute approximate surface area is 106 Å². The second-order valence-electron chi connectivity index (χ2n) is 3.73. The SMILES string of the molecule is Nc1ccc(NCc2cccs2)cc1C(F)(F)F.